The van der Waals surface area contributed by atoms with Crippen LogP contribution in [0.25, 0.3) is 0 Å². The average Bonchev–Trinajstić information content (AvgIpc) is 2.28. The molecule has 0 spiro atoms. The summed E-state index contributed by atoms with van der Waals surface area (Å²) in [6.07, 6.45) is 0. The van der Waals surface area contributed by atoms with Gasteiger partial charge in [-0.25, -0.2) is 9.69 Å². The van der Waals surface area contributed by atoms with Gasteiger partial charge in [-0.15, -0.1) is 11.8 Å². The second-order valence-electron chi connectivity index (χ2n) is 3.30. The van der Waals surface area contributed by atoms with Gasteiger partial charge in [-0.2, -0.15) is 0 Å². The van der Waals surface area contributed by atoms with Gasteiger partial charge < -0.3 is 11.1 Å². The highest BCUT2D eigenvalue weighted by Crippen LogP contribution is 2.36. The van der Waals surface area contributed by atoms with Gasteiger partial charge in [0.05, 0.1) is 11.4 Å². The normalized spacial score (nSPS) is 14.6. The van der Waals surface area contributed by atoms with Gasteiger partial charge in [0.1, 0.15) is 0 Å². The fraction of sp³-hybridized carbons (Fsp3) is 0.200. The molecule has 0 saturated heterocycles. The minimum absolute atomic E-state index is 0.234. The van der Waals surface area contributed by atoms with Crippen molar-refractivity contribution in [2.24, 2.45) is 0 Å². The number of carbonyl (C=O) groups excluding carboxylic acids is 2. The van der Waals surface area contributed by atoms with Crippen LogP contribution in [0, 0.1) is 0 Å². The van der Waals surface area contributed by atoms with Crippen LogP contribution in [0.3, 0.4) is 0 Å². The van der Waals surface area contributed by atoms with Crippen molar-refractivity contribution in [3.8, 4) is 0 Å². The second kappa shape index (κ2) is 4.05. The third-order valence-corrected chi connectivity index (χ3v) is 3.29. The van der Waals surface area contributed by atoms with E-state index in [-0.39, 0.29) is 11.7 Å². The standard InChI is InChI=1S/C10H11N3O2S/c1-12-10(15)13-7-4-6(11)2-3-8(7)16-5-9(13)14/h2-4H,5,11H2,1H3,(H,12,15). The number of urea groups is 1. The molecule has 3 amide bonds. The molecular formula is C10H11N3O2S. The van der Waals surface area contributed by atoms with Crippen molar-refractivity contribution < 1.29 is 9.59 Å². The summed E-state index contributed by atoms with van der Waals surface area (Å²) < 4.78 is 0. The maximum Gasteiger partial charge on any atom is 0.328 e. The Hall–Kier alpha value is -1.69. The molecule has 0 atom stereocenters. The van der Waals surface area contributed by atoms with Gasteiger partial charge in [0.25, 0.3) is 0 Å². The van der Waals surface area contributed by atoms with Gasteiger partial charge in [0, 0.05) is 17.6 Å². The summed E-state index contributed by atoms with van der Waals surface area (Å²) in [7, 11) is 1.49. The van der Waals surface area contributed by atoms with E-state index in [1.54, 1.807) is 12.1 Å². The third-order valence-electron chi connectivity index (χ3n) is 2.24. The summed E-state index contributed by atoms with van der Waals surface area (Å²) in [4.78, 5) is 25.3. The first kappa shape index (κ1) is 10.8. The predicted molar refractivity (Wildman–Crippen MR) is 63.5 cm³/mol. The number of anilines is 2. The molecule has 0 unspecified atom stereocenters. The van der Waals surface area contributed by atoms with E-state index in [1.807, 2.05) is 6.07 Å². The van der Waals surface area contributed by atoms with Crippen LogP contribution in [-0.4, -0.2) is 24.7 Å². The van der Waals surface area contributed by atoms with Gasteiger partial charge in [0.2, 0.25) is 5.91 Å². The van der Waals surface area contributed by atoms with Crippen molar-refractivity contribution in [1.29, 1.82) is 0 Å². The van der Waals surface area contributed by atoms with E-state index in [1.165, 1.54) is 18.8 Å². The van der Waals surface area contributed by atoms with E-state index >= 15 is 0 Å². The van der Waals surface area contributed by atoms with E-state index in [0.717, 1.165) is 9.80 Å². The SMILES string of the molecule is CNC(=O)N1C(=O)CSc2ccc(N)cc21. The van der Waals surface area contributed by atoms with Crippen LogP contribution in [0.15, 0.2) is 23.1 Å². The Kier molecular flexibility index (Phi) is 2.74. The molecule has 0 fully saturated rings. The molecule has 5 nitrogen and oxygen atoms in total. The molecule has 16 heavy (non-hydrogen) atoms. The number of carbonyl (C=O) groups is 2. The van der Waals surface area contributed by atoms with Gasteiger partial charge in [0.15, 0.2) is 0 Å². The number of nitrogens with one attached hydrogen (secondary N) is 1. The quantitative estimate of drug-likeness (QED) is 0.661. The number of hydrogen-bond acceptors (Lipinski definition) is 4. The average molecular weight is 237 g/mol. The number of nitrogen functional groups attached to an aromatic ring is 1. The van der Waals surface area contributed by atoms with Crippen LogP contribution in [0.5, 0.6) is 0 Å². The number of rotatable bonds is 0. The molecular weight excluding hydrogens is 226 g/mol. The number of hydrogen-bond donors (Lipinski definition) is 2. The fourth-order valence-corrected chi connectivity index (χ4v) is 2.37. The maximum atomic E-state index is 11.7. The highest BCUT2D eigenvalue weighted by molar-refractivity contribution is 8.00. The molecule has 0 aliphatic carbocycles. The first-order chi connectivity index (χ1) is 7.63. The lowest BCUT2D eigenvalue weighted by molar-refractivity contribution is -0.115. The number of amides is 3. The first-order valence-corrected chi connectivity index (χ1v) is 5.69. The molecule has 0 bridgehead atoms. The van der Waals surface area contributed by atoms with Crippen molar-refractivity contribution in [3.05, 3.63) is 18.2 Å². The smallest absolute Gasteiger partial charge is 0.328 e. The Labute approximate surface area is 97.0 Å². The zero-order chi connectivity index (χ0) is 11.7. The molecule has 3 N–H and O–H groups in total. The monoisotopic (exact) mass is 237 g/mol. The Morgan fingerprint density at radius 2 is 2.31 bits per heavy atom. The number of imide groups is 1. The van der Waals surface area contributed by atoms with Crippen LogP contribution in [-0.2, 0) is 4.79 Å². The Morgan fingerprint density at radius 1 is 1.56 bits per heavy atom. The van der Waals surface area contributed by atoms with Crippen molar-refractivity contribution in [3.63, 3.8) is 0 Å². The summed E-state index contributed by atoms with van der Waals surface area (Å²) >= 11 is 1.41. The van der Waals surface area contributed by atoms with Crippen molar-refractivity contribution in [2.75, 3.05) is 23.4 Å². The molecule has 1 aliphatic heterocycles. The molecule has 0 aromatic heterocycles. The number of nitrogens with zero attached hydrogens (tertiary/aromatic N) is 1. The van der Waals surface area contributed by atoms with Crippen LogP contribution >= 0.6 is 11.8 Å². The van der Waals surface area contributed by atoms with E-state index in [0.29, 0.717) is 11.4 Å². The first-order valence-electron chi connectivity index (χ1n) is 4.70. The molecule has 6 heteroatoms. The van der Waals surface area contributed by atoms with Crippen LogP contribution in [0.1, 0.15) is 0 Å². The molecule has 1 aromatic rings. The van der Waals surface area contributed by atoms with Gasteiger partial charge in [-0.1, -0.05) is 0 Å². The van der Waals surface area contributed by atoms with Crippen molar-refractivity contribution >= 4 is 35.1 Å². The van der Waals surface area contributed by atoms with Crippen LogP contribution < -0.4 is 16.0 Å². The van der Waals surface area contributed by atoms with E-state index < -0.39 is 6.03 Å². The zero-order valence-corrected chi connectivity index (χ0v) is 9.50. The predicted octanol–water partition coefficient (Wildman–Crippen LogP) is 1.05. The van der Waals surface area contributed by atoms with E-state index in [9.17, 15) is 9.59 Å². The molecule has 1 aliphatic rings. The van der Waals surface area contributed by atoms with Gasteiger partial charge >= 0.3 is 6.03 Å². The Balaban J connectivity index is 2.50. The van der Waals surface area contributed by atoms with E-state index in [4.69, 9.17) is 5.73 Å². The maximum absolute atomic E-state index is 11.7. The summed E-state index contributed by atoms with van der Waals surface area (Å²) in [5, 5.41) is 2.44. The second-order valence-corrected chi connectivity index (χ2v) is 4.32. The van der Waals surface area contributed by atoms with Gasteiger partial charge in [-0.05, 0) is 18.2 Å². The molecule has 1 heterocycles. The number of fused-ring (bicyclic) bond motifs is 1. The Bertz CT molecular complexity index is 461. The molecule has 84 valence electrons. The number of nitrogens with two attached hydrogens (primary N) is 1. The Morgan fingerprint density at radius 3 is 3.00 bits per heavy atom. The summed E-state index contributed by atoms with van der Waals surface area (Å²) in [6.45, 7) is 0. The van der Waals surface area contributed by atoms with Crippen LogP contribution in [0.4, 0.5) is 16.2 Å². The molecule has 0 radical (unpaired) electrons. The van der Waals surface area contributed by atoms with Gasteiger partial charge in [-0.3, -0.25) is 4.79 Å². The van der Waals surface area contributed by atoms with Crippen molar-refractivity contribution in [1.82, 2.24) is 5.32 Å². The van der Waals surface area contributed by atoms with E-state index in [2.05, 4.69) is 5.32 Å². The third kappa shape index (κ3) is 1.71. The number of thioether (sulfide) groups is 1. The minimum atomic E-state index is -0.433. The summed E-state index contributed by atoms with van der Waals surface area (Å²) in [6, 6.07) is 4.77. The highest BCUT2D eigenvalue weighted by atomic mass is 32.2. The fourth-order valence-electron chi connectivity index (χ4n) is 1.50. The largest absolute Gasteiger partial charge is 0.399 e. The minimum Gasteiger partial charge on any atom is -0.399 e. The summed E-state index contributed by atoms with van der Waals surface area (Å²) in [5.41, 5.74) is 6.74. The molecule has 1 aromatic carbocycles. The van der Waals surface area contributed by atoms with Crippen LogP contribution in [0.2, 0.25) is 0 Å². The highest BCUT2D eigenvalue weighted by Gasteiger charge is 2.29. The molecule has 0 saturated carbocycles. The number of benzene rings is 1. The molecule has 2 rings (SSSR count). The van der Waals surface area contributed by atoms with Crippen molar-refractivity contribution in [2.45, 2.75) is 4.90 Å². The lowest BCUT2D eigenvalue weighted by Crippen LogP contribution is -2.45. The topological polar surface area (TPSA) is 75.4 Å². The summed E-state index contributed by atoms with van der Waals surface area (Å²) in [5.74, 6) is 0.0343. The lowest BCUT2D eigenvalue weighted by atomic mass is 10.2. The zero-order valence-electron chi connectivity index (χ0n) is 8.69. The lowest BCUT2D eigenvalue weighted by Gasteiger charge is -2.26.